The Morgan fingerprint density at radius 3 is 2.40 bits per heavy atom. The summed E-state index contributed by atoms with van der Waals surface area (Å²) in [5, 5.41) is 2.69. The minimum absolute atomic E-state index is 0.0638. The van der Waals surface area contributed by atoms with Crippen molar-refractivity contribution >= 4 is 15.9 Å². The number of hydrogen-bond donors (Lipinski definition) is 1. The highest BCUT2D eigenvalue weighted by Gasteiger charge is 2.25. The molecule has 0 unspecified atom stereocenters. The first-order valence-corrected chi connectivity index (χ1v) is 10.2. The Morgan fingerprint density at radius 2 is 1.80 bits per heavy atom. The van der Waals surface area contributed by atoms with E-state index in [2.05, 4.69) is 10.2 Å². The molecule has 0 spiro atoms. The molecule has 0 saturated carbocycles. The smallest absolute Gasteiger partial charge is 0.224 e. The van der Waals surface area contributed by atoms with E-state index in [1.165, 1.54) is 4.31 Å². The summed E-state index contributed by atoms with van der Waals surface area (Å²) in [6.45, 7) is 5.15. The van der Waals surface area contributed by atoms with Gasteiger partial charge in [0.05, 0.1) is 18.8 Å². The second-order valence-electron chi connectivity index (χ2n) is 6.12. The van der Waals surface area contributed by atoms with Gasteiger partial charge in [-0.25, -0.2) is 8.42 Å². The van der Waals surface area contributed by atoms with E-state index in [-0.39, 0.29) is 24.6 Å². The molecule has 0 aliphatic carbocycles. The predicted molar refractivity (Wildman–Crippen MR) is 97.2 cm³/mol. The van der Waals surface area contributed by atoms with Crippen molar-refractivity contribution in [2.24, 2.45) is 0 Å². The molecule has 2 rings (SSSR count). The van der Waals surface area contributed by atoms with Gasteiger partial charge in [-0.3, -0.25) is 4.79 Å². The lowest BCUT2D eigenvalue weighted by molar-refractivity contribution is -0.120. The minimum Gasteiger partial charge on any atom is -0.494 e. The van der Waals surface area contributed by atoms with Gasteiger partial charge in [0.15, 0.2) is 0 Å². The Bertz CT molecular complexity index is 653. The number of sulfonamides is 1. The minimum atomic E-state index is -3.31. The third-order valence-electron chi connectivity index (χ3n) is 4.14. The van der Waals surface area contributed by atoms with Crippen LogP contribution < -0.4 is 10.1 Å². The van der Waals surface area contributed by atoms with Gasteiger partial charge in [0.1, 0.15) is 5.75 Å². The quantitative estimate of drug-likeness (QED) is 0.714. The van der Waals surface area contributed by atoms with Gasteiger partial charge >= 0.3 is 0 Å². The third kappa shape index (κ3) is 6.30. The van der Waals surface area contributed by atoms with Gasteiger partial charge < -0.3 is 15.0 Å². The SMILES string of the molecule is CCOc1ccc(CC(=O)NCCS(=O)(=O)N2CCN(C)CC2)cc1. The van der Waals surface area contributed by atoms with Crippen LogP contribution in [0.25, 0.3) is 0 Å². The van der Waals surface area contributed by atoms with E-state index in [0.29, 0.717) is 19.7 Å². The van der Waals surface area contributed by atoms with E-state index in [1.54, 1.807) is 0 Å². The molecular weight excluding hydrogens is 342 g/mol. The van der Waals surface area contributed by atoms with Gasteiger partial charge in [-0.15, -0.1) is 0 Å². The van der Waals surface area contributed by atoms with Gasteiger partial charge in [0.2, 0.25) is 15.9 Å². The first-order valence-electron chi connectivity index (χ1n) is 8.55. The lowest BCUT2D eigenvalue weighted by Crippen LogP contribution is -2.48. The number of carbonyl (C=O) groups excluding carboxylic acids is 1. The van der Waals surface area contributed by atoms with Crippen molar-refractivity contribution < 1.29 is 17.9 Å². The van der Waals surface area contributed by atoms with Crippen LogP contribution in [-0.2, 0) is 21.2 Å². The molecule has 1 saturated heterocycles. The van der Waals surface area contributed by atoms with Crippen LogP contribution in [0.5, 0.6) is 5.75 Å². The normalized spacial score (nSPS) is 16.6. The number of piperazine rings is 1. The molecule has 8 heteroatoms. The van der Waals surface area contributed by atoms with Gasteiger partial charge in [-0.05, 0) is 31.7 Å². The summed E-state index contributed by atoms with van der Waals surface area (Å²) in [5.74, 6) is 0.522. The summed E-state index contributed by atoms with van der Waals surface area (Å²) in [4.78, 5) is 14.1. The van der Waals surface area contributed by atoms with Crippen LogP contribution in [0, 0.1) is 0 Å². The largest absolute Gasteiger partial charge is 0.494 e. The molecule has 0 atom stereocenters. The van der Waals surface area contributed by atoms with Crippen molar-refractivity contribution in [3.63, 3.8) is 0 Å². The molecule has 1 amide bonds. The van der Waals surface area contributed by atoms with Crippen LogP contribution in [0.1, 0.15) is 12.5 Å². The lowest BCUT2D eigenvalue weighted by atomic mass is 10.1. The van der Waals surface area contributed by atoms with Crippen molar-refractivity contribution in [2.45, 2.75) is 13.3 Å². The predicted octanol–water partition coefficient (Wildman–Crippen LogP) is 0.321. The second-order valence-corrected chi connectivity index (χ2v) is 8.21. The van der Waals surface area contributed by atoms with Crippen molar-refractivity contribution in [1.82, 2.24) is 14.5 Å². The van der Waals surface area contributed by atoms with Crippen LogP contribution in [-0.4, -0.2) is 75.7 Å². The van der Waals surface area contributed by atoms with Gasteiger partial charge in [0.25, 0.3) is 0 Å². The second kappa shape index (κ2) is 9.17. The highest BCUT2D eigenvalue weighted by Crippen LogP contribution is 2.12. The number of likely N-dealkylation sites (N-methyl/N-ethyl adjacent to an activating group) is 1. The van der Waals surface area contributed by atoms with Crippen LogP contribution in [0.3, 0.4) is 0 Å². The average Bonchev–Trinajstić information content (AvgIpc) is 2.57. The number of nitrogens with zero attached hydrogens (tertiary/aromatic N) is 2. The van der Waals surface area contributed by atoms with Crippen molar-refractivity contribution in [1.29, 1.82) is 0 Å². The molecular formula is C17H27N3O4S. The molecule has 0 aromatic heterocycles. The molecule has 1 aliphatic rings. The van der Waals surface area contributed by atoms with E-state index < -0.39 is 10.0 Å². The number of rotatable bonds is 8. The van der Waals surface area contributed by atoms with Gasteiger partial charge in [-0.2, -0.15) is 4.31 Å². The summed E-state index contributed by atoms with van der Waals surface area (Å²) in [5.41, 5.74) is 0.864. The van der Waals surface area contributed by atoms with Crippen molar-refractivity contribution in [3.8, 4) is 5.75 Å². The molecule has 1 heterocycles. The van der Waals surface area contributed by atoms with Crippen LogP contribution >= 0.6 is 0 Å². The zero-order chi connectivity index (χ0) is 18.3. The maximum Gasteiger partial charge on any atom is 0.224 e. The third-order valence-corrected chi connectivity index (χ3v) is 6.01. The Hall–Kier alpha value is -1.64. The number of benzene rings is 1. The van der Waals surface area contributed by atoms with E-state index in [9.17, 15) is 13.2 Å². The standard InChI is InChI=1S/C17H27N3O4S/c1-3-24-16-6-4-15(5-7-16)14-17(21)18-8-13-25(22,23)20-11-9-19(2)10-12-20/h4-7H,3,8-14H2,1-2H3,(H,18,21). The number of ether oxygens (including phenoxy) is 1. The molecule has 1 aromatic carbocycles. The first-order chi connectivity index (χ1) is 11.9. The lowest BCUT2D eigenvalue weighted by Gasteiger charge is -2.31. The van der Waals surface area contributed by atoms with E-state index in [4.69, 9.17) is 4.74 Å². The molecule has 25 heavy (non-hydrogen) atoms. The molecule has 1 aliphatic heterocycles. The van der Waals surface area contributed by atoms with E-state index in [1.807, 2.05) is 38.2 Å². The molecule has 1 N–H and O–H groups in total. The zero-order valence-electron chi connectivity index (χ0n) is 14.9. The maximum absolute atomic E-state index is 12.3. The summed E-state index contributed by atoms with van der Waals surface area (Å²) in [6, 6.07) is 7.32. The fourth-order valence-electron chi connectivity index (χ4n) is 2.63. The topological polar surface area (TPSA) is 78.9 Å². The van der Waals surface area contributed by atoms with Gasteiger partial charge in [-0.1, -0.05) is 12.1 Å². The number of carbonyl (C=O) groups is 1. The molecule has 140 valence electrons. The monoisotopic (exact) mass is 369 g/mol. The highest BCUT2D eigenvalue weighted by atomic mass is 32.2. The summed E-state index contributed by atoms with van der Waals surface area (Å²) < 4.78 is 31.4. The number of hydrogen-bond acceptors (Lipinski definition) is 5. The molecule has 0 bridgehead atoms. The highest BCUT2D eigenvalue weighted by molar-refractivity contribution is 7.89. The Labute approximate surface area is 150 Å². The number of amides is 1. The van der Waals surface area contributed by atoms with Crippen LogP contribution in [0.15, 0.2) is 24.3 Å². The van der Waals surface area contributed by atoms with Crippen molar-refractivity contribution in [3.05, 3.63) is 29.8 Å². The molecule has 1 fully saturated rings. The number of nitrogens with one attached hydrogen (secondary N) is 1. The van der Waals surface area contributed by atoms with Crippen molar-refractivity contribution in [2.75, 3.05) is 52.1 Å². The first kappa shape index (κ1) is 19.7. The summed E-state index contributed by atoms with van der Waals surface area (Å²) in [6.07, 6.45) is 0.223. The average molecular weight is 369 g/mol. The Morgan fingerprint density at radius 1 is 1.16 bits per heavy atom. The fraction of sp³-hybridized carbons (Fsp3) is 0.588. The maximum atomic E-state index is 12.3. The van der Waals surface area contributed by atoms with Crippen LogP contribution in [0.2, 0.25) is 0 Å². The Kier molecular flexibility index (Phi) is 7.22. The Balaban J connectivity index is 1.74. The molecule has 1 aromatic rings. The van der Waals surface area contributed by atoms with E-state index in [0.717, 1.165) is 24.4 Å². The summed E-state index contributed by atoms with van der Waals surface area (Å²) >= 11 is 0. The molecule has 0 radical (unpaired) electrons. The van der Waals surface area contributed by atoms with Gasteiger partial charge in [0, 0.05) is 32.7 Å². The fourth-order valence-corrected chi connectivity index (χ4v) is 3.97. The van der Waals surface area contributed by atoms with E-state index >= 15 is 0 Å². The molecule has 7 nitrogen and oxygen atoms in total. The van der Waals surface area contributed by atoms with Crippen LogP contribution in [0.4, 0.5) is 0 Å². The summed E-state index contributed by atoms with van der Waals surface area (Å²) in [7, 11) is -1.33. The zero-order valence-corrected chi connectivity index (χ0v) is 15.7.